The highest BCUT2D eigenvalue weighted by Gasteiger charge is 2.68. The third-order valence-corrected chi connectivity index (χ3v) is 12.7. The fourth-order valence-electron chi connectivity index (χ4n) is 7.75. The normalized spacial score (nSPS) is 49.1. The molecule has 4 aliphatic carbocycles. The van der Waals surface area contributed by atoms with Crippen molar-refractivity contribution in [2.75, 3.05) is 12.5 Å². The molecule has 6 nitrogen and oxygen atoms in total. The van der Waals surface area contributed by atoms with Crippen LogP contribution in [0.5, 0.6) is 0 Å². The quantitative estimate of drug-likeness (QED) is 0.681. The van der Waals surface area contributed by atoms with Gasteiger partial charge in [-0.25, -0.2) is 16.8 Å². The first-order chi connectivity index (χ1) is 13.5. The molecular formula is C22H34O6S2. The Morgan fingerprint density at radius 3 is 2.10 bits per heavy atom. The number of carbonyl (C=O) groups excluding carboxylic acids is 1. The Morgan fingerprint density at radius 2 is 1.53 bits per heavy atom. The van der Waals surface area contributed by atoms with Crippen molar-refractivity contribution in [3.8, 4) is 0 Å². The van der Waals surface area contributed by atoms with Gasteiger partial charge in [0.05, 0.1) is 16.1 Å². The third-order valence-electron chi connectivity index (χ3n) is 9.52. The zero-order chi connectivity index (χ0) is 22.5. The van der Waals surface area contributed by atoms with Gasteiger partial charge in [0.2, 0.25) is 0 Å². The van der Waals surface area contributed by atoms with Gasteiger partial charge >= 0.3 is 0 Å². The lowest BCUT2D eigenvalue weighted by Crippen LogP contribution is -2.64. The minimum atomic E-state index is -3.78. The van der Waals surface area contributed by atoms with E-state index in [2.05, 4.69) is 0 Å². The highest BCUT2D eigenvalue weighted by molar-refractivity contribution is 7.95. The number of hydrogen-bond acceptors (Lipinski definition) is 6. The van der Waals surface area contributed by atoms with Crippen molar-refractivity contribution in [1.29, 1.82) is 0 Å². The Hall–Kier alpha value is -0.730. The first-order valence-corrected chi connectivity index (χ1v) is 14.8. The van der Waals surface area contributed by atoms with Crippen molar-refractivity contribution >= 4 is 25.5 Å². The number of ketones is 1. The van der Waals surface area contributed by atoms with E-state index >= 15 is 0 Å². The van der Waals surface area contributed by atoms with Gasteiger partial charge in [-0.1, -0.05) is 13.8 Å². The van der Waals surface area contributed by atoms with Crippen LogP contribution in [0.2, 0.25) is 0 Å². The van der Waals surface area contributed by atoms with Crippen molar-refractivity contribution < 1.29 is 26.7 Å². The summed E-state index contributed by atoms with van der Waals surface area (Å²) in [5, 5.41) is 8.88. The highest BCUT2D eigenvalue weighted by Crippen LogP contribution is 2.68. The van der Waals surface area contributed by atoms with Crippen molar-refractivity contribution in [3.63, 3.8) is 0 Å². The van der Waals surface area contributed by atoms with E-state index in [0.717, 1.165) is 25.4 Å². The molecule has 3 fully saturated rings. The van der Waals surface area contributed by atoms with Gasteiger partial charge in [0.15, 0.2) is 25.5 Å². The molecule has 0 aliphatic heterocycles. The standard InChI is InChI=1S/C22H34O6S2/c1-20-9-6-13(23)12-16(20)18(29(4,25)26)19(30(5,27)28)17-14(20)7-10-21(2)15(17)8-11-22(21,3)24/h12,14-15,17-19,24H,6-11H2,1-5H3/t14-,15+,17-,18?,19?,20-,21+,22?/m1/s1. The Kier molecular flexibility index (Phi) is 4.80. The Bertz CT molecular complexity index is 1020. The largest absolute Gasteiger partial charge is 0.390 e. The first kappa shape index (κ1) is 22.5. The van der Waals surface area contributed by atoms with Crippen LogP contribution < -0.4 is 0 Å². The van der Waals surface area contributed by atoms with Crippen LogP contribution in [-0.4, -0.2) is 56.3 Å². The lowest BCUT2D eigenvalue weighted by molar-refractivity contribution is -0.123. The van der Waals surface area contributed by atoms with E-state index in [1.54, 1.807) is 0 Å². The van der Waals surface area contributed by atoms with Gasteiger partial charge in [-0.2, -0.15) is 0 Å². The molecule has 0 aromatic heterocycles. The Labute approximate surface area is 180 Å². The molecule has 0 radical (unpaired) electrons. The SMILES string of the molecule is CC1(O)CC[C@H]2[C@@H]3C(S(C)(=O)=O)C(S(C)(=O)=O)C4=CC(=O)CC[C@]4(C)[C@@H]3CC[C@@]21C. The number of rotatable bonds is 2. The maximum atomic E-state index is 13.2. The summed E-state index contributed by atoms with van der Waals surface area (Å²) >= 11 is 0. The number of carbonyl (C=O) groups is 1. The monoisotopic (exact) mass is 458 g/mol. The number of aliphatic hydroxyl groups is 1. The Balaban J connectivity index is 2.00. The summed E-state index contributed by atoms with van der Waals surface area (Å²) in [4.78, 5) is 12.3. The summed E-state index contributed by atoms with van der Waals surface area (Å²) in [6.07, 6.45) is 7.41. The number of hydrogen-bond donors (Lipinski definition) is 1. The van der Waals surface area contributed by atoms with Gasteiger partial charge in [0.25, 0.3) is 0 Å². The van der Waals surface area contributed by atoms with Gasteiger partial charge in [0, 0.05) is 18.9 Å². The molecule has 4 rings (SSSR count). The van der Waals surface area contributed by atoms with E-state index < -0.39 is 46.6 Å². The highest BCUT2D eigenvalue weighted by atomic mass is 32.2. The summed E-state index contributed by atoms with van der Waals surface area (Å²) in [7, 11) is -7.52. The van der Waals surface area contributed by atoms with E-state index in [-0.39, 0.29) is 23.5 Å². The van der Waals surface area contributed by atoms with Crippen LogP contribution in [0.15, 0.2) is 11.6 Å². The van der Waals surface area contributed by atoms with Crippen LogP contribution in [0, 0.1) is 28.6 Å². The zero-order valence-electron chi connectivity index (χ0n) is 18.5. The van der Waals surface area contributed by atoms with E-state index in [9.17, 15) is 26.7 Å². The average molecular weight is 459 g/mol. The topological polar surface area (TPSA) is 106 Å². The van der Waals surface area contributed by atoms with Crippen LogP contribution in [0.25, 0.3) is 0 Å². The molecule has 30 heavy (non-hydrogen) atoms. The zero-order valence-corrected chi connectivity index (χ0v) is 20.1. The molecule has 4 aliphatic rings. The van der Waals surface area contributed by atoms with Crippen LogP contribution in [-0.2, 0) is 24.5 Å². The maximum absolute atomic E-state index is 13.2. The fourth-order valence-corrected chi connectivity index (χ4v) is 12.0. The van der Waals surface area contributed by atoms with Crippen LogP contribution >= 0.6 is 0 Å². The Morgan fingerprint density at radius 1 is 0.933 bits per heavy atom. The predicted octanol–water partition coefficient (Wildman–Crippen LogP) is 2.32. The molecule has 0 heterocycles. The van der Waals surface area contributed by atoms with Crippen LogP contribution in [0.4, 0.5) is 0 Å². The molecule has 0 aromatic rings. The van der Waals surface area contributed by atoms with E-state index in [1.165, 1.54) is 6.08 Å². The second kappa shape index (κ2) is 6.41. The predicted molar refractivity (Wildman–Crippen MR) is 115 cm³/mol. The first-order valence-electron chi connectivity index (χ1n) is 10.9. The summed E-state index contributed by atoms with van der Waals surface area (Å²) in [5.41, 5.74) is -1.35. The van der Waals surface area contributed by atoms with Gasteiger partial charge in [0.1, 0.15) is 0 Å². The van der Waals surface area contributed by atoms with Crippen LogP contribution in [0.3, 0.4) is 0 Å². The number of sulfone groups is 2. The summed E-state index contributed by atoms with van der Waals surface area (Å²) < 4.78 is 52.5. The van der Waals surface area contributed by atoms with Crippen molar-refractivity contribution in [2.45, 2.75) is 75.4 Å². The molecule has 8 heteroatoms. The average Bonchev–Trinajstić information content (AvgIpc) is 2.82. The van der Waals surface area contributed by atoms with Crippen molar-refractivity contribution in [1.82, 2.24) is 0 Å². The van der Waals surface area contributed by atoms with Gasteiger partial charge < -0.3 is 5.11 Å². The lowest BCUT2D eigenvalue weighted by Gasteiger charge is -2.62. The summed E-state index contributed by atoms with van der Waals surface area (Å²) in [5.74, 6) is -0.540. The van der Waals surface area contributed by atoms with Gasteiger partial charge in [-0.3, -0.25) is 4.79 Å². The minimum absolute atomic E-state index is 0.0125. The van der Waals surface area contributed by atoms with Gasteiger partial charge in [-0.05, 0) is 79.3 Å². The summed E-state index contributed by atoms with van der Waals surface area (Å²) in [6.45, 7) is 5.93. The van der Waals surface area contributed by atoms with Crippen LogP contribution in [0.1, 0.15) is 59.3 Å². The van der Waals surface area contributed by atoms with Crippen molar-refractivity contribution in [3.05, 3.63) is 11.6 Å². The second-order valence-corrected chi connectivity index (χ2v) is 15.5. The number of fused-ring (bicyclic) bond motifs is 5. The maximum Gasteiger partial charge on any atom is 0.155 e. The molecule has 0 aromatic carbocycles. The fraction of sp³-hybridized carbons (Fsp3) is 0.864. The second-order valence-electron chi connectivity index (χ2n) is 11.1. The molecule has 1 N–H and O–H groups in total. The third kappa shape index (κ3) is 2.92. The van der Waals surface area contributed by atoms with E-state index in [4.69, 9.17) is 0 Å². The molecule has 3 unspecified atom stereocenters. The van der Waals surface area contributed by atoms with E-state index in [1.807, 2.05) is 20.8 Å². The lowest BCUT2D eigenvalue weighted by atomic mass is 9.46. The minimum Gasteiger partial charge on any atom is -0.390 e. The summed E-state index contributed by atoms with van der Waals surface area (Å²) in [6, 6.07) is 0. The molecule has 0 saturated heterocycles. The molecule has 3 saturated carbocycles. The molecule has 0 bridgehead atoms. The molecule has 0 spiro atoms. The molecule has 8 atom stereocenters. The van der Waals surface area contributed by atoms with E-state index in [0.29, 0.717) is 31.3 Å². The van der Waals surface area contributed by atoms with Crippen molar-refractivity contribution in [2.24, 2.45) is 28.6 Å². The smallest absolute Gasteiger partial charge is 0.155 e. The molecule has 170 valence electrons. The van der Waals surface area contributed by atoms with Gasteiger partial charge in [-0.15, -0.1) is 0 Å². The molecular weight excluding hydrogens is 424 g/mol. The molecule has 0 amide bonds.